The Bertz CT molecular complexity index is 145. The predicted molar refractivity (Wildman–Crippen MR) is 52.0 cm³/mol. The van der Waals surface area contributed by atoms with Gasteiger partial charge in [-0.1, -0.05) is 21.6 Å². The minimum atomic E-state index is -0.936. The van der Waals surface area contributed by atoms with E-state index in [0.717, 1.165) is 0 Å². The van der Waals surface area contributed by atoms with Gasteiger partial charge in [0.05, 0.1) is 13.2 Å². The van der Waals surface area contributed by atoms with Crippen molar-refractivity contribution in [2.45, 2.75) is 12.1 Å². The van der Waals surface area contributed by atoms with Gasteiger partial charge in [0, 0.05) is 5.75 Å². The predicted octanol–water partition coefficient (Wildman–Crippen LogP) is -0.141. The molecule has 0 aromatic rings. The van der Waals surface area contributed by atoms with E-state index >= 15 is 0 Å². The van der Waals surface area contributed by atoms with E-state index in [0.29, 0.717) is 5.75 Å². The highest BCUT2D eigenvalue weighted by molar-refractivity contribution is 8.76. The number of methoxy groups -OCH3 is 1. The van der Waals surface area contributed by atoms with Crippen LogP contribution in [0.5, 0.6) is 0 Å². The van der Waals surface area contributed by atoms with Crippen LogP contribution in [0, 0.1) is 0 Å². The second-order valence-electron chi connectivity index (χ2n) is 2.07. The van der Waals surface area contributed by atoms with Gasteiger partial charge in [-0.2, -0.15) is 0 Å². The highest BCUT2D eigenvalue weighted by Crippen LogP contribution is 2.18. The van der Waals surface area contributed by atoms with Crippen molar-refractivity contribution in [2.75, 3.05) is 19.1 Å². The van der Waals surface area contributed by atoms with Crippen molar-refractivity contribution in [2.24, 2.45) is 5.73 Å². The highest BCUT2D eigenvalue weighted by atomic mass is 33.1. The summed E-state index contributed by atoms with van der Waals surface area (Å²) in [4.78, 5) is 10.8. The topological polar surface area (TPSA) is 72.5 Å². The molecule has 72 valence electrons. The van der Waals surface area contributed by atoms with E-state index in [4.69, 9.17) is 5.73 Å². The number of ether oxygens (including phenoxy) is 1. The van der Waals surface area contributed by atoms with Gasteiger partial charge >= 0.3 is 5.97 Å². The first-order valence-corrected chi connectivity index (χ1v) is 6.03. The van der Waals surface area contributed by atoms with Crippen LogP contribution < -0.4 is 5.73 Å². The van der Waals surface area contributed by atoms with Crippen molar-refractivity contribution in [1.82, 2.24) is 0 Å². The first-order valence-electron chi connectivity index (χ1n) is 3.30. The molecule has 0 heterocycles. The molecule has 0 radical (unpaired) electrons. The molecule has 4 nitrogen and oxygen atoms in total. The lowest BCUT2D eigenvalue weighted by atomic mass is 10.2. The zero-order chi connectivity index (χ0) is 9.56. The number of rotatable bonds is 5. The van der Waals surface area contributed by atoms with E-state index in [9.17, 15) is 9.90 Å². The van der Waals surface area contributed by atoms with Crippen LogP contribution in [-0.4, -0.2) is 42.3 Å². The zero-order valence-electron chi connectivity index (χ0n) is 7.02. The van der Waals surface area contributed by atoms with Crippen molar-refractivity contribution >= 4 is 27.6 Å². The van der Waals surface area contributed by atoms with Gasteiger partial charge in [-0.3, -0.25) is 4.79 Å². The fourth-order valence-corrected chi connectivity index (χ4v) is 1.84. The van der Waals surface area contributed by atoms with Gasteiger partial charge in [-0.15, -0.1) is 0 Å². The Morgan fingerprint density at radius 3 is 2.75 bits per heavy atom. The lowest BCUT2D eigenvalue weighted by Gasteiger charge is -2.14. The normalized spacial score (nSPS) is 15.3. The molecule has 0 bridgehead atoms. The van der Waals surface area contributed by atoms with Crippen molar-refractivity contribution < 1.29 is 14.6 Å². The zero-order valence-corrected chi connectivity index (χ0v) is 8.65. The fraction of sp³-hybridized carbons (Fsp3) is 0.833. The fourth-order valence-electron chi connectivity index (χ4n) is 0.535. The average molecular weight is 211 g/mol. The van der Waals surface area contributed by atoms with Gasteiger partial charge in [0.25, 0.3) is 0 Å². The summed E-state index contributed by atoms with van der Waals surface area (Å²) >= 11 is 0. The molecule has 6 heteroatoms. The number of carbonyl (C=O) groups is 1. The molecule has 3 N–H and O–H groups in total. The molecular formula is C6H13NO3S2. The SMILES string of the molecule is COC(=O)[C@@H](N)[C@H](O)CSSC. The molecule has 0 aromatic carbocycles. The summed E-state index contributed by atoms with van der Waals surface area (Å²) in [5.74, 6) is -0.151. The average Bonchev–Trinajstić information content (AvgIpc) is 2.11. The molecular weight excluding hydrogens is 198 g/mol. The summed E-state index contributed by atoms with van der Waals surface area (Å²) in [6.07, 6.45) is 1.05. The van der Waals surface area contributed by atoms with E-state index in [1.165, 1.54) is 28.7 Å². The van der Waals surface area contributed by atoms with Gasteiger partial charge in [-0.25, -0.2) is 0 Å². The van der Waals surface area contributed by atoms with Crippen LogP contribution in [0.3, 0.4) is 0 Å². The number of esters is 1. The Kier molecular flexibility index (Phi) is 6.64. The molecule has 0 unspecified atom stereocenters. The van der Waals surface area contributed by atoms with Gasteiger partial charge in [0.2, 0.25) is 0 Å². The van der Waals surface area contributed by atoms with E-state index in [-0.39, 0.29) is 0 Å². The van der Waals surface area contributed by atoms with E-state index in [1.54, 1.807) is 0 Å². The monoisotopic (exact) mass is 211 g/mol. The summed E-state index contributed by atoms with van der Waals surface area (Å²) in [7, 11) is 4.21. The highest BCUT2D eigenvalue weighted by Gasteiger charge is 2.22. The summed E-state index contributed by atoms with van der Waals surface area (Å²) in [5.41, 5.74) is 5.36. The van der Waals surface area contributed by atoms with Crippen LogP contribution in [0.4, 0.5) is 0 Å². The van der Waals surface area contributed by atoms with Crippen LogP contribution in [0.15, 0.2) is 0 Å². The molecule has 0 aliphatic rings. The molecule has 0 aromatic heterocycles. The quantitative estimate of drug-likeness (QED) is 0.487. The maximum Gasteiger partial charge on any atom is 0.325 e. The maximum atomic E-state index is 10.8. The number of aliphatic hydroxyl groups is 1. The Labute approximate surface area is 79.6 Å². The van der Waals surface area contributed by atoms with Crippen LogP contribution in [-0.2, 0) is 9.53 Å². The van der Waals surface area contributed by atoms with Gasteiger partial charge in [0.15, 0.2) is 0 Å². The van der Waals surface area contributed by atoms with E-state index in [1.807, 2.05) is 6.26 Å². The third-order valence-corrected chi connectivity index (χ3v) is 3.07. The third kappa shape index (κ3) is 4.20. The molecule has 0 spiro atoms. The van der Waals surface area contributed by atoms with Crippen molar-refractivity contribution in [3.05, 3.63) is 0 Å². The Hall–Kier alpha value is 0.0900. The number of carbonyl (C=O) groups excluding carboxylic acids is 1. The summed E-state index contributed by atoms with van der Waals surface area (Å²) in [6, 6.07) is -0.936. The van der Waals surface area contributed by atoms with Crippen LogP contribution in [0.25, 0.3) is 0 Å². The molecule has 0 aliphatic carbocycles. The second kappa shape index (κ2) is 6.59. The molecule has 0 aliphatic heterocycles. The number of nitrogens with two attached hydrogens (primary N) is 1. The molecule has 0 rings (SSSR count). The molecule has 12 heavy (non-hydrogen) atoms. The van der Waals surface area contributed by atoms with Gasteiger partial charge in [-0.05, 0) is 6.26 Å². The second-order valence-corrected chi connectivity index (χ2v) is 4.68. The summed E-state index contributed by atoms with van der Waals surface area (Å²) in [6.45, 7) is 0. The molecule has 2 atom stereocenters. The van der Waals surface area contributed by atoms with E-state index in [2.05, 4.69) is 4.74 Å². The first kappa shape index (κ1) is 12.1. The van der Waals surface area contributed by atoms with Crippen LogP contribution >= 0.6 is 21.6 Å². The Morgan fingerprint density at radius 2 is 2.33 bits per heavy atom. The molecule has 0 amide bonds. The molecule has 0 saturated heterocycles. The number of hydrogen-bond acceptors (Lipinski definition) is 6. The third-order valence-electron chi connectivity index (χ3n) is 1.24. The van der Waals surface area contributed by atoms with Gasteiger partial charge in [0.1, 0.15) is 6.04 Å². The summed E-state index contributed by atoms with van der Waals surface area (Å²) in [5, 5.41) is 9.29. The maximum absolute atomic E-state index is 10.8. The van der Waals surface area contributed by atoms with Crippen LogP contribution in [0.2, 0.25) is 0 Å². The lowest BCUT2D eigenvalue weighted by molar-refractivity contribution is -0.144. The minimum Gasteiger partial charge on any atom is -0.468 e. The van der Waals surface area contributed by atoms with Crippen molar-refractivity contribution in [3.63, 3.8) is 0 Å². The largest absolute Gasteiger partial charge is 0.468 e. The molecule has 0 fully saturated rings. The van der Waals surface area contributed by atoms with Crippen LogP contribution in [0.1, 0.15) is 0 Å². The van der Waals surface area contributed by atoms with Crippen molar-refractivity contribution in [3.8, 4) is 0 Å². The minimum absolute atomic E-state index is 0.428. The number of aliphatic hydroxyl groups excluding tert-OH is 1. The molecule has 0 saturated carbocycles. The lowest BCUT2D eigenvalue weighted by Crippen LogP contribution is -2.43. The first-order chi connectivity index (χ1) is 5.63. The van der Waals surface area contributed by atoms with E-state index < -0.39 is 18.1 Å². The van der Waals surface area contributed by atoms with Gasteiger partial charge < -0.3 is 15.6 Å². The number of hydrogen-bond donors (Lipinski definition) is 2. The summed E-state index contributed by atoms with van der Waals surface area (Å²) < 4.78 is 4.37. The standard InChI is InChI=1S/C6H13NO3S2/c1-10-6(9)5(7)4(8)3-12-11-2/h4-5,8H,3,7H2,1-2H3/t4-,5+/m1/s1. The van der Waals surface area contributed by atoms with Crippen molar-refractivity contribution in [1.29, 1.82) is 0 Å². The smallest absolute Gasteiger partial charge is 0.325 e. The Balaban J connectivity index is 3.75. The Morgan fingerprint density at radius 1 is 1.75 bits per heavy atom.